The lowest BCUT2D eigenvalue weighted by molar-refractivity contribution is -0.0459. The summed E-state index contributed by atoms with van der Waals surface area (Å²) in [6.07, 6.45) is -0.0517. The zero-order valence-electron chi connectivity index (χ0n) is 20.0. The Hall–Kier alpha value is -2.88. The summed E-state index contributed by atoms with van der Waals surface area (Å²) in [4.78, 5) is 50.6. The van der Waals surface area contributed by atoms with E-state index in [2.05, 4.69) is 9.97 Å². The fourth-order valence-corrected chi connectivity index (χ4v) is 4.09. The topological polar surface area (TPSA) is 209 Å². The van der Waals surface area contributed by atoms with Gasteiger partial charge in [0, 0.05) is 36.4 Å². The molecular formula is C22H32N4O10. The molecule has 200 valence electrons. The van der Waals surface area contributed by atoms with Gasteiger partial charge in [0.25, 0.3) is 11.1 Å². The van der Waals surface area contributed by atoms with Gasteiger partial charge in [-0.3, -0.25) is 28.7 Å². The van der Waals surface area contributed by atoms with Crippen LogP contribution < -0.4 is 22.5 Å². The van der Waals surface area contributed by atoms with Gasteiger partial charge in [0.1, 0.15) is 24.7 Å². The summed E-state index contributed by atoms with van der Waals surface area (Å²) in [7, 11) is 0. The highest BCUT2D eigenvalue weighted by molar-refractivity contribution is 5.05. The summed E-state index contributed by atoms with van der Waals surface area (Å²) in [6, 6.07) is 0. The van der Waals surface area contributed by atoms with E-state index >= 15 is 0 Å². The fourth-order valence-electron chi connectivity index (χ4n) is 4.09. The maximum Gasteiger partial charge on any atom is 0.330 e. The molecule has 0 bridgehead atoms. The Kier molecular flexibility index (Phi) is 9.16. The first-order chi connectivity index (χ1) is 17.1. The first-order valence-corrected chi connectivity index (χ1v) is 11.7. The van der Waals surface area contributed by atoms with Gasteiger partial charge in [-0.25, -0.2) is 9.59 Å². The Labute approximate surface area is 204 Å². The van der Waals surface area contributed by atoms with Gasteiger partial charge in [-0.05, 0) is 12.8 Å². The number of rotatable bonds is 6. The monoisotopic (exact) mass is 512 g/mol. The van der Waals surface area contributed by atoms with Crippen molar-refractivity contribution in [2.24, 2.45) is 0 Å². The van der Waals surface area contributed by atoms with E-state index in [0.29, 0.717) is 24.0 Å². The van der Waals surface area contributed by atoms with Crippen LogP contribution >= 0.6 is 0 Å². The van der Waals surface area contributed by atoms with Gasteiger partial charge in [0.2, 0.25) is 0 Å². The molecule has 2 aliphatic heterocycles. The number of aliphatic hydroxyl groups excluding tert-OH is 4. The van der Waals surface area contributed by atoms with E-state index in [1.165, 1.54) is 21.5 Å². The fraction of sp³-hybridized carbons (Fsp3) is 0.636. The Balaban J connectivity index is 0.000000201. The number of ether oxygens (including phenoxy) is 2. The second kappa shape index (κ2) is 11.9. The van der Waals surface area contributed by atoms with Crippen LogP contribution in [0, 0.1) is 0 Å². The molecule has 14 heteroatoms. The van der Waals surface area contributed by atoms with E-state index in [1.807, 2.05) is 0 Å². The zero-order chi connectivity index (χ0) is 26.6. The van der Waals surface area contributed by atoms with Crippen molar-refractivity contribution in [3.63, 3.8) is 0 Å². The molecule has 0 saturated carbocycles. The van der Waals surface area contributed by atoms with Gasteiger partial charge in [-0.15, -0.1) is 0 Å². The summed E-state index contributed by atoms with van der Waals surface area (Å²) < 4.78 is 13.2. The van der Waals surface area contributed by atoms with Crippen LogP contribution in [0.2, 0.25) is 0 Å². The SMILES string of the molecule is CCc1cn([C@H]2C[C@H](O)[C@@H](CO)O2)c(=O)[nH]c1=O.CCc1cn([C@H]2C[C@H](O)[C@@H](CO)O2)c(=O)[nH]c1=O. The molecule has 6 N–H and O–H groups in total. The van der Waals surface area contributed by atoms with Crippen LogP contribution in [0.4, 0.5) is 0 Å². The third kappa shape index (κ3) is 5.91. The van der Waals surface area contributed by atoms with Gasteiger partial charge < -0.3 is 29.9 Å². The van der Waals surface area contributed by atoms with Crippen molar-refractivity contribution >= 4 is 0 Å². The number of hydrogen-bond donors (Lipinski definition) is 6. The number of nitrogens with one attached hydrogen (secondary N) is 2. The number of aliphatic hydroxyl groups is 4. The molecule has 36 heavy (non-hydrogen) atoms. The maximum atomic E-state index is 11.7. The van der Waals surface area contributed by atoms with Crippen LogP contribution in [-0.4, -0.2) is 77.2 Å². The summed E-state index contributed by atoms with van der Waals surface area (Å²) in [5.41, 5.74) is -1.02. The summed E-state index contributed by atoms with van der Waals surface area (Å²) in [5, 5.41) is 37.2. The van der Waals surface area contributed by atoms with E-state index in [-0.39, 0.29) is 26.1 Å². The molecule has 0 amide bonds. The zero-order valence-corrected chi connectivity index (χ0v) is 20.0. The predicted molar refractivity (Wildman–Crippen MR) is 125 cm³/mol. The Morgan fingerprint density at radius 1 is 0.778 bits per heavy atom. The van der Waals surface area contributed by atoms with Crippen LogP contribution in [0.25, 0.3) is 0 Å². The molecule has 6 atom stereocenters. The van der Waals surface area contributed by atoms with Crippen molar-refractivity contribution < 1.29 is 29.9 Å². The molecule has 0 unspecified atom stereocenters. The Bertz CT molecular complexity index is 1170. The van der Waals surface area contributed by atoms with E-state index in [0.717, 1.165) is 0 Å². The van der Waals surface area contributed by atoms with Crippen molar-refractivity contribution in [3.8, 4) is 0 Å². The molecule has 4 heterocycles. The molecule has 0 spiro atoms. The lowest BCUT2D eigenvalue weighted by atomic mass is 10.2. The molecule has 0 aromatic carbocycles. The van der Waals surface area contributed by atoms with Crippen molar-refractivity contribution in [2.45, 2.75) is 76.4 Å². The molecule has 2 fully saturated rings. The van der Waals surface area contributed by atoms with Crippen LogP contribution in [0.3, 0.4) is 0 Å². The summed E-state index contributed by atoms with van der Waals surface area (Å²) >= 11 is 0. The minimum Gasteiger partial charge on any atom is -0.394 e. The standard InChI is InChI=1S/2C11H16N2O5/c2*1-2-6-4-13(11(17)12-10(6)16)9-3-7(15)8(5-14)18-9/h2*4,7-9,14-15H,2-3,5H2,1H3,(H,12,16,17)/t2*7-,8+,9+/m00/s1. The Morgan fingerprint density at radius 2 is 1.14 bits per heavy atom. The van der Waals surface area contributed by atoms with E-state index in [1.54, 1.807) is 13.8 Å². The average Bonchev–Trinajstić information content (AvgIpc) is 3.41. The quantitative estimate of drug-likeness (QED) is 0.239. The highest BCUT2D eigenvalue weighted by atomic mass is 16.5. The molecule has 2 aromatic heterocycles. The normalized spacial score (nSPS) is 27.6. The van der Waals surface area contributed by atoms with Crippen molar-refractivity contribution in [1.29, 1.82) is 0 Å². The van der Waals surface area contributed by atoms with E-state index in [9.17, 15) is 29.4 Å². The number of nitrogens with zero attached hydrogens (tertiary/aromatic N) is 2. The molecule has 2 aliphatic rings. The lowest BCUT2D eigenvalue weighted by Crippen LogP contribution is -2.34. The van der Waals surface area contributed by atoms with Crippen molar-refractivity contribution in [3.05, 3.63) is 65.2 Å². The highest BCUT2D eigenvalue weighted by Gasteiger charge is 2.36. The van der Waals surface area contributed by atoms with E-state index in [4.69, 9.17) is 19.7 Å². The summed E-state index contributed by atoms with van der Waals surface area (Å²) in [6.45, 7) is 2.99. The second-order valence-electron chi connectivity index (χ2n) is 8.58. The number of aromatic amines is 2. The first-order valence-electron chi connectivity index (χ1n) is 11.7. The number of hydrogen-bond acceptors (Lipinski definition) is 10. The Morgan fingerprint density at radius 3 is 1.42 bits per heavy atom. The molecule has 2 aromatic rings. The van der Waals surface area contributed by atoms with Crippen molar-refractivity contribution in [1.82, 2.24) is 19.1 Å². The first kappa shape index (κ1) is 27.7. The smallest absolute Gasteiger partial charge is 0.330 e. The molecular weight excluding hydrogens is 480 g/mol. The number of aryl methyl sites for hydroxylation is 2. The van der Waals surface area contributed by atoms with Gasteiger partial charge in [-0.1, -0.05) is 13.8 Å². The van der Waals surface area contributed by atoms with Crippen LogP contribution in [0.5, 0.6) is 0 Å². The highest BCUT2D eigenvalue weighted by Crippen LogP contribution is 2.28. The minimum absolute atomic E-state index is 0.209. The molecule has 14 nitrogen and oxygen atoms in total. The van der Waals surface area contributed by atoms with Crippen molar-refractivity contribution in [2.75, 3.05) is 13.2 Å². The second-order valence-corrected chi connectivity index (χ2v) is 8.58. The average molecular weight is 513 g/mol. The van der Waals surface area contributed by atoms with Crippen LogP contribution in [-0.2, 0) is 22.3 Å². The molecule has 0 aliphatic carbocycles. The minimum atomic E-state index is -0.816. The third-order valence-corrected chi connectivity index (χ3v) is 6.23. The largest absolute Gasteiger partial charge is 0.394 e. The molecule has 2 saturated heterocycles. The summed E-state index contributed by atoms with van der Waals surface area (Å²) in [5.74, 6) is 0. The van der Waals surface area contributed by atoms with Gasteiger partial charge in [0.05, 0.1) is 25.4 Å². The lowest BCUT2D eigenvalue weighted by Gasteiger charge is -2.14. The third-order valence-electron chi connectivity index (χ3n) is 6.23. The van der Waals surface area contributed by atoms with Gasteiger partial charge >= 0.3 is 11.4 Å². The van der Waals surface area contributed by atoms with Crippen LogP contribution in [0.1, 0.15) is 50.3 Å². The molecule has 4 rings (SSSR count). The van der Waals surface area contributed by atoms with Crippen LogP contribution in [0.15, 0.2) is 31.6 Å². The van der Waals surface area contributed by atoms with E-state index < -0.39 is 59.4 Å². The number of aromatic nitrogens is 4. The number of H-pyrrole nitrogens is 2. The van der Waals surface area contributed by atoms with Gasteiger partial charge in [-0.2, -0.15) is 0 Å². The molecule has 0 radical (unpaired) electrons. The predicted octanol–water partition coefficient (Wildman–Crippen LogP) is -2.52. The van der Waals surface area contributed by atoms with Gasteiger partial charge in [0.15, 0.2) is 0 Å². The maximum absolute atomic E-state index is 11.7.